The van der Waals surface area contributed by atoms with Crippen LogP contribution in [0.2, 0.25) is 0 Å². The van der Waals surface area contributed by atoms with Crippen LogP contribution in [0.1, 0.15) is 247 Å². The van der Waals surface area contributed by atoms with Crippen LogP contribution in [0.5, 0.6) is 28.7 Å². The van der Waals surface area contributed by atoms with Gasteiger partial charge in [-0.05, 0) is 359 Å². The highest BCUT2D eigenvalue weighted by atomic mass is 17.2. The predicted molar refractivity (Wildman–Crippen MR) is 380 cm³/mol. The van der Waals surface area contributed by atoms with E-state index in [1.165, 1.54) is 137 Å². The number of aromatic hydroxyl groups is 1. The Morgan fingerprint density at radius 1 is 0.375 bits per heavy atom. The summed E-state index contributed by atoms with van der Waals surface area (Å²) >= 11 is 0. The first-order chi connectivity index (χ1) is 46.2. The quantitative estimate of drug-likeness (QED) is 0.0878. The second-order valence-electron chi connectivity index (χ2n) is 33.8. The van der Waals surface area contributed by atoms with Crippen LogP contribution in [0.3, 0.4) is 0 Å². The van der Waals surface area contributed by atoms with Crippen molar-refractivity contribution >= 4 is 0 Å². The van der Waals surface area contributed by atoms with Gasteiger partial charge in [-0.25, -0.2) is 9.78 Å². The molecule has 0 radical (unpaired) electrons. The molecule has 0 heterocycles. The minimum absolute atomic E-state index is 0.0765. The van der Waals surface area contributed by atoms with Gasteiger partial charge in [-0.3, -0.25) is 0 Å². The Hall–Kier alpha value is -5.10. The van der Waals surface area contributed by atoms with Gasteiger partial charge in [0.2, 0.25) is 0 Å². The van der Waals surface area contributed by atoms with Gasteiger partial charge in [0.05, 0.1) is 52.9 Å². The van der Waals surface area contributed by atoms with Gasteiger partial charge < -0.3 is 39.4 Å². The first-order valence-corrected chi connectivity index (χ1v) is 38.0. The van der Waals surface area contributed by atoms with Gasteiger partial charge in [-0.2, -0.15) is 0 Å². The second-order valence-corrected chi connectivity index (χ2v) is 33.8. The average molecular weight is 1310 g/mol. The molecule has 5 aromatic rings. The third kappa shape index (κ3) is 11.8. The number of phenols is 1. The molecule has 10 heteroatoms. The summed E-state index contributed by atoms with van der Waals surface area (Å²) in [6, 6.07) is 28.3. The summed E-state index contributed by atoms with van der Waals surface area (Å²) in [5.74, 6) is 12.3. The number of aliphatic hydroxyl groups is 3. The lowest BCUT2D eigenvalue weighted by Crippen LogP contribution is -2.44. The summed E-state index contributed by atoms with van der Waals surface area (Å²) in [7, 11) is 6.97. The Bertz CT molecular complexity index is 3350. The smallest absolute Gasteiger partial charge is 0.160 e. The zero-order valence-corrected chi connectivity index (χ0v) is 60.2. The van der Waals surface area contributed by atoms with Crippen LogP contribution in [0.25, 0.3) is 0 Å². The van der Waals surface area contributed by atoms with E-state index >= 15 is 0 Å². The SMILES string of the molecule is COc1cc2c(cc1C)CCC1C2CC[C@@]2(C)C1CC[C@@H]2O.COc1cc2c(cc1C)CCC1C2CC[C@@]2(C)C1CC[C@H]2O.COc1cc2c(cc1C)CCC1C2CC[C@@]2(C)C1CC[C@H]2OOCc1ccccc1.COc1cc2c(cc1O)CCC1C2CC[C@@]2(C)C1CC[C@H]2O. The van der Waals surface area contributed by atoms with Crippen LogP contribution >= 0.6 is 0 Å². The molecule has 0 saturated heterocycles. The number of fused-ring (bicyclic) bond motifs is 20. The normalized spacial score (nSPS) is 37.4. The zero-order valence-electron chi connectivity index (χ0n) is 60.2. The lowest BCUT2D eigenvalue weighted by molar-refractivity contribution is -0.351. The van der Waals surface area contributed by atoms with Crippen molar-refractivity contribution in [1.29, 1.82) is 0 Å². The maximum absolute atomic E-state index is 10.5. The molecule has 12 aliphatic rings. The highest BCUT2D eigenvalue weighted by Gasteiger charge is 2.59. The number of rotatable bonds is 8. The molecule has 0 bridgehead atoms. The molecular weight excluding hydrogens is 1190 g/mol. The molecule has 8 saturated carbocycles. The van der Waals surface area contributed by atoms with Crippen molar-refractivity contribution in [1.82, 2.24) is 0 Å². The molecule has 96 heavy (non-hydrogen) atoms. The summed E-state index contributed by atoms with van der Waals surface area (Å²) in [5, 5.41) is 41.4. The van der Waals surface area contributed by atoms with Gasteiger partial charge >= 0.3 is 0 Å². The van der Waals surface area contributed by atoms with Crippen molar-refractivity contribution < 1.29 is 49.1 Å². The number of aryl methyl sites for hydroxylation is 7. The standard InChI is InChI=1S/C27H34O3.2C20H28O2.C19H26O3/c1-18-15-20-9-10-22-21(23(20)16-25(18)28-3)13-14-27(2)24(22)11-12-26(27)30-29-17-19-7-5-4-6-8-19;2*1-12-10-13-4-5-15-14(16(13)11-18(12)22-3)8-9-20(2)17(15)6-7-19(20)21;1-19-8-7-12-13(15(19)5-6-18(19)21)4-3-11-9-16(20)17(22-2)10-14(11)12/h4-8,15-16,21-22,24,26H,9-14,17H2,1-3H3;2*10-11,14-15,17,19,21H,4-9H2,1-3H3;9-10,12-13,15,18,20-21H,3-8H2,1-2H3/t21?,22?,24?,26-,27+;14?,15?,17?,19-,20+;14?,15?,17?,19-,20-;12?,13?,15?,18-,19+/m1101/s1. The molecule has 520 valence electrons. The van der Waals surface area contributed by atoms with Crippen LogP contribution in [0.15, 0.2) is 78.9 Å². The second kappa shape index (κ2) is 27.1. The Morgan fingerprint density at radius 2 is 0.698 bits per heavy atom. The number of aliphatic hydroxyl groups excluding tert-OH is 3. The fraction of sp³-hybridized carbons (Fsp3) is 0.651. The number of phenolic OH excluding ortho intramolecular Hbond substituents is 1. The predicted octanol–water partition coefficient (Wildman–Crippen LogP) is 18.4. The van der Waals surface area contributed by atoms with E-state index in [2.05, 4.69) is 103 Å². The number of hydrogen-bond donors (Lipinski definition) is 4. The third-order valence-electron chi connectivity index (χ3n) is 29.8. The van der Waals surface area contributed by atoms with Crippen molar-refractivity contribution in [3.8, 4) is 28.7 Å². The van der Waals surface area contributed by atoms with E-state index in [1.54, 1.807) is 61.8 Å². The first-order valence-electron chi connectivity index (χ1n) is 38.0. The molecule has 5 aromatic carbocycles. The number of ether oxygens (including phenoxy) is 4. The topological polar surface area (TPSA) is 136 Å². The van der Waals surface area contributed by atoms with Gasteiger partial charge in [0.1, 0.15) is 23.9 Å². The largest absolute Gasteiger partial charge is 0.504 e. The minimum atomic E-state index is -0.116. The highest BCUT2D eigenvalue weighted by Crippen LogP contribution is 2.66. The Labute approximate surface area is 575 Å². The molecule has 8 fully saturated rings. The van der Waals surface area contributed by atoms with Crippen LogP contribution in [0.4, 0.5) is 0 Å². The van der Waals surface area contributed by atoms with E-state index in [1.807, 2.05) is 24.3 Å². The molecule has 10 nitrogen and oxygen atoms in total. The van der Waals surface area contributed by atoms with Crippen LogP contribution < -0.4 is 18.9 Å². The highest BCUT2D eigenvalue weighted by molar-refractivity contribution is 5.51. The lowest BCUT2D eigenvalue weighted by atomic mass is 9.55. The monoisotopic (exact) mass is 1310 g/mol. The number of hydrogen-bond acceptors (Lipinski definition) is 10. The molecular formula is C86H116O10. The maximum atomic E-state index is 10.5. The Balaban J connectivity index is 0.000000111. The van der Waals surface area contributed by atoms with E-state index in [0.717, 1.165) is 91.4 Å². The van der Waals surface area contributed by atoms with E-state index in [9.17, 15) is 20.4 Å². The summed E-state index contributed by atoms with van der Waals surface area (Å²) in [6.07, 6.45) is 28.2. The van der Waals surface area contributed by atoms with Crippen molar-refractivity contribution in [3.63, 3.8) is 0 Å². The summed E-state index contributed by atoms with van der Waals surface area (Å²) in [5.41, 5.74) is 17.6. The van der Waals surface area contributed by atoms with Gasteiger partial charge in [-0.15, -0.1) is 0 Å². The lowest BCUT2D eigenvalue weighted by Gasteiger charge is -2.50. The maximum Gasteiger partial charge on any atom is 0.160 e. The van der Waals surface area contributed by atoms with Crippen molar-refractivity contribution in [2.45, 2.75) is 257 Å². The van der Waals surface area contributed by atoms with Gasteiger partial charge in [0.25, 0.3) is 0 Å². The third-order valence-corrected chi connectivity index (χ3v) is 29.8. The van der Waals surface area contributed by atoms with Crippen molar-refractivity contribution in [2.24, 2.45) is 69.0 Å². The Morgan fingerprint density at radius 3 is 1.06 bits per heavy atom. The fourth-order valence-corrected chi connectivity index (χ4v) is 24.4. The fourth-order valence-electron chi connectivity index (χ4n) is 24.4. The molecule has 0 aromatic heterocycles. The van der Waals surface area contributed by atoms with Crippen LogP contribution in [0, 0.1) is 89.8 Å². The molecule has 12 unspecified atom stereocenters. The van der Waals surface area contributed by atoms with Crippen LogP contribution in [-0.2, 0) is 42.1 Å². The molecule has 0 amide bonds. The van der Waals surface area contributed by atoms with E-state index in [0.29, 0.717) is 59.7 Å². The average Bonchev–Trinajstić information content (AvgIpc) is 1.46. The molecule has 0 spiro atoms. The number of methoxy groups -OCH3 is 4. The van der Waals surface area contributed by atoms with Gasteiger partial charge in [0, 0.05) is 5.41 Å². The first kappa shape index (κ1) is 68.1. The zero-order chi connectivity index (χ0) is 67.2. The van der Waals surface area contributed by atoms with Gasteiger partial charge in [0.15, 0.2) is 11.5 Å². The van der Waals surface area contributed by atoms with Crippen molar-refractivity contribution in [2.75, 3.05) is 28.4 Å². The minimum Gasteiger partial charge on any atom is -0.504 e. The van der Waals surface area contributed by atoms with Crippen LogP contribution in [-0.4, -0.2) is 73.3 Å². The molecule has 17 rings (SSSR count). The van der Waals surface area contributed by atoms with E-state index in [4.69, 9.17) is 28.7 Å². The summed E-state index contributed by atoms with van der Waals surface area (Å²) in [6.45, 7) is 16.4. The van der Waals surface area contributed by atoms with Gasteiger partial charge in [-0.1, -0.05) is 76.2 Å². The molecule has 20 atom stereocenters. The molecule has 4 N–H and O–H groups in total. The Kier molecular flexibility index (Phi) is 19.2. The van der Waals surface area contributed by atoms with Crippen molar-refractivity contribution in [3.05, 3.63) is 146 Å². The molecule has 0 aliphatic heterocycles. The molecule has 12 aliphatic carbocycles. The van der Waals surface area contributed by atoms with E-state index < -0.39 is 0 Å². The number of benzene rings is 5. The summed E-state index contributed by atoms with van der Waals surface area (Å²) < 4.78 is 22.1. The summed E-state index contributed by atoms with van der Waals surface area (Å²) in [4.78, 5) is 11.8. The van der Waals surface area contributed by atoms with E-state index in [-0.39, 0.29) is 51.8 Å².